The van der Waals surface area contributed by atoms with Crippen LogP contribution in [0.5, 0.6) is 0 Å². The number of anilines is 1. The summed E-state index contributed by atoms with van der Waals surface area (Å²) in [7, 11) is 0. The second-order valence-corrected chi connectivity index (χ2v) is 6.04. The third-order valence-corrected chi connectivity index (χ3v) is 4.45. The van der Waals surface area contributed by atoms with Crippen molar-refractivity contribution < 1.29 is 4.79 Å². The van der Waals surface area contributed by atoms with Crippen LogP contribution < -0.4 is 5.32 Å². The molecule has 0 radical (unpaired) electrons. The minimum atomic E-state index is -0.0576. The Morgan fingerprint density at radius 3 is 2.74 bits per heavy atom. The molecule has 0 unspecified atom stereocenters. The molecule has 23 heavy (non-hydrogen) atoms. The van der Waals surface area contributed by atoms with Crippen LogP contribution in [0, 0.1) is 0 Å². The molecule has 0 bridgehead atoms. The zero-order valence-corrected chi connectivity index (χ0v) is 12.8. The Labute approximate surface area is 134 Å². The average molecular weight is 306 g/mol. The van der Waals surface area contributed by atoms with Crippen LogP contribution in [0.4, 0.5) is 5.82 Å². The number of nitrogens with zero attached hydrogens (tertiary/aromatic N) is 3. The first-order valence-electron chi connectivity index (χ1n) is 7.97. The third kappa shape index (κ3) is 2.95. The summed E-state index contributed by atoms with van der Waals surface area (Å²) in [6.07, 6.45) is 7.74. The standard InChI is InChI=1S/C18H18N4O/c23-18(21-16-9-11-22-17(20-16)8-10-19-22)12-13-4-6-15(7-5-13)14-2-1-3-14/h4-11,14H,1-3,12H2,(H,20,21,23). The van der Waals surface area contributed by atoms with Gasteiger partial charge in [-0.1, -0.05) is 30.7 Å². The molecule has 0 saturated heterocycles. The molecule has 0 atom stereocenters. The van der Waals surface area contributed by atoms with Gasteiger partial charge in [-0.15, -0.1) is 0 Å². The Hall–Kier alpha value is -2.69. The normalized spacial score (nSPS) is 14.6. The summed E-state index contributed by atoms with van der Waals surface area (Å²) in [6, 6.07) is 12.0. The van der Waals surface area contributed by atoms with Crippen LogP contribution in [0.2, 0.25) is 0 Å². The minimum Gasteiger partial charge on any atom is -0.310 e. The van der Waals surface area contributed by atoms with Gasteiger partial charge in [-0.2, -0.15) is 5.10 Å². The van der Waals surface area contributed by atoms with Crippen molar-refractivity contribution in [3.8, 4) is 0 Å². The van der Waals surface area contributed by atoms with Crippen LogP contribution in [0.15, 0.2) is 48.8 Å². The van der Waals surface area contributed by atoms with E-state index < -0.39 is 0 Å². The van der Waals surface area contributed by atoms with E-state index in [-0.39, 0.29) is 5.91 Å². The molecule has 2 aromatic heterocycles. The molecule has 116 valence electrons. The van der Waals surface area contributed by atoms with Gasteiger partial charge in [0, 0.05) is 12.3 Å². The summed E-state index contributed by atoms with van der Waals surface area (Å²) < 4.78 is 1.66. The largest absolute Gasteiger partial charge is 0.310 e. The van der Waals surface area contributed by atoms with E-state index >= 15 is 0 Å². The molecule has 0 spiro atoms. The van der Waals surface area contributed by atoms with E-state index in [1.165, 1.54) is 24.8 Å². The van der Waals surface area contributed by atoms with Gasteiger partial charge in [0.15, 0.2) is 5.65 Å². The Morgan fingerprint density at radius 2 is 2.00 bits per heavy atom. The fourth-order valence-corrected chi connectivity index (χ4v) is 2.90. The predicted molar refractivity (Wildman–Crippen MR) is 88.4 cm³/mol. The van der Waals surface area contributed by atoms with Crippen molar-refractivity contribution in [2.45, 2.75) is 31.6 Å². The van der Waals surface area contributed by atoms with Crippen molar-refractivity contribution >= 4 is 17.4 Å². The molecule has 5 nitrogen and oxygen atoms in total. The molecule has 4 rings (SSSR count). The maximum Gasteiger partial charge on any atom is 0.229 e. The summed E-state index contributed by atoms with van der Waals surface area (Å²) in [4.78, 5) is 16.5. The Morgan fingerprint density at radius 1 is 1.17 bits per heavy atom. The van der Waals surface area contributed by atoms with Gasteiger partial charge in [-0.05, 0) is 36.0 Å². The van der Waals surface area contributed by atoms with Crippen molar-refractivity contribution in [1.82, 2.24) is 14.6 Å². The van der Waals surface area contributed by atoms with E-state index in [1.807, 2.05) is 0 Å². The van der Waals surface area contributed by atoms with E-state index in [0.717, 1.165) is 11.5 Å². The number of rotatable bonds is 4. The third-order valence-electron chi connectivity index (χ3n) is 4.45. The fraction of sp³-hybridized carbons (Fsp3) is 0.278. The lowest BCUT2D eigenvalue weighted by atomic mass is 9.80. The molecule has 1 fully saturated rings. The number of aromatic nitrogens is 3. The van der Waals surface area contributed by atoms with E-state index in [2.05, 4.69) is 39.7 Å². The average Bonchev–Trinajstić information content (AvgIpc) is 2.95. The molecule has 1 amide bonds. The topological polar surface area (TPSA) is 59.3 Å². The molecular formula is C18H18N4O. The van der Waals surface area contributed by atoms with Crippen LogP contribution in [0.25, 0.3) is 5.65 Å². The lowest BCUT2D eigenvalue weighted by Gasteiger charge is -2.25. The number of benzene rings is 1. The molecule has 1 aliphatic carbocycles. The van der Waals surface area contributed by atoms with Crippen molar-refractivity contribution in [2.75, 3.05) is 5.32 Å². The van der Waals surface area contributed by atoms with E-state index in [9.17, 15) is 4.79 Å². The molecular weight excluding hydrogens is 288 g/mol. The first-order chi connectivity index (χ1) is 11.3. The molecule has 1 aliphatic rings. The summed E-state index contributed by atoms with van der Waals surface area (Å²) in [5.41, 5.74) is 3.14. The molecule has 1 N–H and O–H groups in total. The van der Waals surface area contributed by atoms with Gasteiger partial charge in [0.1, 0.15) is 5.82 Å². The van der Waals surface area contributed by atoms with Crippen LogP contribution in [-0.2, 0) is 11.2 Å². The van der Waals surface area contributed by atoms with Crippen LogP contribution in [0.1, 0.15) is 36.3 Å². The van der Waals surface area contributed by atoms with Crippen molar-refractivity contribution in [3.63, 3.8) is 0 Å². The Bertz CT molecular complexity index is 834. The second kappa shape index (κ2) is 5.83. The zero-order valence-electron chi connectivity index (χ0n) is 12.8. The molecule has 2 heterocycles. The number of amides is 1. The first kappa shape index (κ1) is 13.9. The van der Waals surface area contributed by atoms with Gasteiger partial charge in [-0.25, -0.2) is 9.50 Å². The van der Waals surface area contributed by atoms with Crippen molar-refractivity contribution in [3.05, 3.63) is 59.9 Å². The minimum absolute atomic E-state index is 0.0576. The molecule has 5 heteroatoms. The lowest BCUT2D eigenvalue weighted by Crippen LogP contribution is -2.16. The van der Waals surface area contributed by atoms with Gasteiger partial charge in [0.25, 0.3) is 0 Å². The van der Waals surface area contributed by atoms with Gasteiger partial charge in [0.05, 0.1) is 12.6 Å². The molecule has 3 aromatic rings. The smallest absolute Gasteiger partial charge is 0.229 e. The fourth-order valence-electron chi connectivity index (χ4n) is 2.90. The molecule has 1 saturated carbocycles. The highest BCUT2D eigenvalue weighted by molar-refractivity contribution is 5.91. The number of hydrogen-bond acceptors (Lipinski definition) is 3. The van der Waals surface area contributed by atoms with Gasteiger partial charge >= 0.3 is 0 Å². The zero-order chi connectivity index (χ0) is 15.6. The van der Waals surface area contributed by atoms with Gasteiger partial charge < -0.3 is 5.32 Å². The highest BCUT2D eigenvalue weighted by Crippen LogP contribution is 2.36. The van der Waals surface area contributed by atoms with Gasteiger partial charge in [-0.3, -0.25) is 4.79 Å². The van der Waals surface area contributed by atoms with Crippen LogP contribution >= 0.6 is 0 Å². The number of hydrogen-bond donors (Lipinski definition) is 1. The van der Waals surface area contributed by atoms with Gasteiger partial charge in [0.2, 0.25) is 5.91 Å². The SMILES string of the molecule is O=C(Cc1ccc(C2CCC2)cc1)Nc1ccn2nccc2n1. The summed E-state index contributed by atoms with van der Waals surface area (Å²) in [6.45, 7) is 0. The number of fused-ring (bicyclic) bond motifs is 1. The maximum absolute atomic E-state index is 12.2. The van der Waals surface area contributed by atoms with Crippen molar-refractivity contribution in [1.29, 1.82) is 0 Å². The number of carbonyl (C=O) groups excluding carboxylic acids is 1. The first-order valence-corrected chi connectivity index (χ1v) is 7.97. The lowest BCUT2D eigenvalue weighted by molar-refractivity contribution is -0.115. The van der Waals surface area contributed by atoms with Crippen LogP contribution in [0.3, 0.4) is 0 Å². The van der Waals surface area contributed by atoms with Crippen LogP contribution in [-0.4, -0.2) is 20.5 Å². The van der Waals surface area contributed by atoms with E-state index in [1.54, 1.807) is 29.0 Å². The van der Waals surface area contributed by atoms with E-state index in [0.29, 0.717) is 17.9 Å². The Balaban J connectivity index is 1.40. The summed E-state index contributed by atoms with van der Waals surface area (Å²) in [5.74, 6) is 1.22. The quantitative estimate of drug-likeness (QED) is 0.805. The molecule has 1 aromatic carbocycles. The highest BCUT2D eigenvalue weighted by Gasteiger charge is 2.19. The number of nitrogens with one attached hydrogen (secondary N) is 1. The van der Waals surface area contributed by atoms with Crippen molar-refractivity contribution in [2.24, 2.45) is 0 Å². The maximum atomic E-state index is 12.2. The monoisotopic (exact) mass is 306 g/mol. The predicted octanol–water partition coefficient (Wildman–Crippen LogP) is 3.18. The number of carbonyl (C=O) groups is 1. The van der Waals surface area contributed by atoms with E-state index in [4.69, 9.17) is 0 Å². The highest BCUT2D eigenvalue weighted by atomic mass is 16.1. The molecule has 0 aliphatic heterocycles. The second-order valence-electron chi connectivity index (χ2n) is 6.04. The summed E-state index contributed by atoms with van der Waals surface area (Å²) >= 11 is 0. The Kier molecular flexibility index (Phi) is 3.54. The summed E-state index contributed by atoms with van der Waals surface area (Å²) in [5, 5.41) is 6.92.